The molecule has 14 heteroatoms. The van der Waals surface area contributed by atoms with Gasteiger partial charge in [-0.05, 0) is 35.9 Å². The third kappa shape index (κ3) is 6.52. The van der Waals surface area contributed by atoms with E-state index in [0.29, 0.717) is 50.3 Å². The van der Waals surface area contributed by atoms with Crippen LogP contribution in [0.25, 0.3) is 22.0 Å². The minimum atomic E-state index is -4.75. The number of benzene rings is 3. The number of carboxylic acids is 1. The SMILES string of the molecule is N#Cc1ccc(-c2ccc(CC(NC(=O)c3c(F)cc(N4CCOC[C@@H]4C(F)(F)F)cc3F)C(=O)O)c3cccnc23)c(Cl)c1. The molecular formula is C31H22ClF5N4O4. The summed E-state index contributed by atoms with van der Waals surface area (Å²) in [5.74, 6) is -5.82. The van der Waals surface area contributed by atoms with Gasteiger partial charge in [-0.2, -0.15) is 18.4 Å². The number of carbonyl (C=O) groups is 2. The standard InChI is InChI=1S/C31H22ClF5N4O4/c32-22-10-16(14-38)3-5-20(22)21-6-4-17(19-2-1-7-39-28(19)21)11-25(30(43)44)40-29(42)27-23(33)12-18(13-24(27)34)41-8-9-45-15-26(41)31(35,36)37/h1-7,10,12-13,25-26H,8-9,11,15H2,(H,40,42)(H,43,44)/t25?,26-/m1/s1. The summed E-state index contributed by atoms with van der Waals surface area (Å²) in [6.07, 6.45) is -3.54. The summed E-state index contributed by atoms with van der Waals surface area (Å²) in [7, 11) is 0. The molecule has 1 aliphatic rings. The predicted molar refractivity (Wildman–Crippen MR) is 154 cm³/mol. The smallest absolute Gasteiger partial charge is 0.411 e. The molecule has 2 atom stereocenters. The molecule has 45 heavy (non-hydrogen) atoms. The van der Waals surface area contributed by atoms with Gasteiger partial charge in [0.25, 0.3) is 5.91 Å². The Hall–Kier alpha value is -4.80. The molecule has 0 radical (unpaired) electrons. The van der Waals surface area contributed by atoms with Crippen LogP contribution < -0.4 is 10.2 Å². The molecule has 1 unspecified atom stereocenters. The van der Waals surface area contributed by atoms with E-state index in [9.17, 15) is 27.9 Å². The quantitative estimate of drug-likeness (QED) is 0.241. The van der Waals surface area contributed by atoms with Crippen molar-refractivity contribution in [1.29, 1.82) is 5.26 Å². The maximum Gasteiger partial charge on any atom is 0.411 e. The van der Waals surface area contributed by atoms with Gasteiger partial charge in [-0.3, -0.25) is 9.78 Å². The number of hydrogen-bond acceptors (Lipinski definition) is 6. The fourth-order valence-corrected chi connectivity index (χ4v) is 5.49. The molecule has 3 aromatic carbocycles. The summed E-state index contributed by atoms with van der Waals surface area (Å²) in [5, 5.41) is 22.0. The van der Waals surface area contributed by atoms with E-state index in [4.69, 9.17) is 21.6 Å². The largest absolute Gasteiger partial charge is 0.480 e. The van der Waals surface area contributed by atoms with E-state index in [2.05, 4.69) is 10.3 Å². The highest BCUT2D eigenvalue weighted by Crippen LogP contribution is 2.35. The molecule has 232 valence electrons. The molecule has 1 amide bonds. The van der Waals surface area contributed by atoms with Crippen LogP contribution in [-0.2, 0) is 16.0 Å². The van der Waals surface area contributed by atoms with Crippen molar-refractivity contribution in [3.05, 3.63) is 94.1 Å². The second-order valence-corrected chi connectivity index (χ2v) is 10.6. The van der Waals surface area contributed by atoms with Gasteiger partial charge < -0.3 is 20.1 Å². The summed E-state index contributed by atoms with van der Waals surface area (Å²) < 4.78 is 75.5. The fourth-order valence-electron chi connectivity index (χ4n) is 5.21. The Morgan fingerprint density at radius 1 is 1.13 bits per heavy atom. The lowest BCUT2D eigenvalue weighted by Gasteiger charge is -2.38. The van der Waals surface area contributed by atoms with Crippen molar-refractivity contribution in [3.63, 3.8) is 0 Å². The zero-order chi connectivity index (χ0) is 32.5. The second-order valence-electron chi connectivity index (χ2n) is 10.2. The number of anilines is 1. The van der Waals surface area contributed by atoms with E-state index < -0.39 is 59.6 Å². The molecule has 8 nitrogen and oxygen atoms in total. The summed E-state index contributed by atoms with van der Waals surface area (Å²) in [4.78, 5) is 30.3. The summed E-state index contributed by atoms with van der Waals surface area (Å²) >= 11 is 6.41. The van der Waals surface area contributed by atoms with E-state index in [1.165, 1.54) is 12.3 Å². The molecule has 1 saturated heterocycles. The second kappa shape index (κ2) is 12.7. The number of carboxylic acid groups (broad SMARTS) is 1. The Bertz CT molecular complexity index is 1820. The third-order valence-electron chi connectivity index (χ3n) is 7.37. The first-order chi connectivity index (χ1) is 21.4. The highest BCUT2D eigenvalue weighted by molar-refractivity contribution is 6.33. The third-order valence-corrected chi connectivity index (χ3v) is 7.68. The Morgan fingerprint density at radius 2 is 1.84 bits per heavy atom. The average molecular weight is 645 g/mol. The number of halogens is 6. The van der Waals surface area contributed by atoms with Gasteiger partial charge in [0, 0.05) is 46.4 Å². The number of rotatable bonds is 7. The van der Waals surface area contributed by atoms with Gasteiger partial charge in [0.1, 0.15) is 29.3 Å². The lowest BCUT2D eigenvalue weighted by Crippen LogP contribution is -2.53. The maximum atomic E-state index is 15.1. The molecule has 5 rings (SSSR count). The number of alkyl halides is 3. The van der Waals surface area contributed by atoms with Crippen LogP contribution in [-0.4, -0.2) is 60.0 Å². The molecule has 1 fully saturated rings. The van der Waals surface area contributed by atoms with Crippen LogP contribution in [0.2, 0.25) is 5.02 Å². The molecule has 0 aliphatic carbocycles. The van der Waals surface area contributed by atoms with Crippen LogP contribution >= 0.6 is 11.6 Å². The van der Waals surface area contributed by atoms with Crippen LogP contribution in [0.1, 0.15) is 21.5 Å². The van der Waals surface area contributed by atoms with Crippen LogP contribution in [0.3, 0.4) is 0 Å². The van der Waals surface area contributed by atoms with E-state index in [1.807, 2.05) is 6.07 Å². The van der Waals surface area contributed by atoms with Crippen molar-refractivity contribution in [1.82, 2.24) is 10.3 Å². The van der Waals surface area contributed by atoms with Crippen molar-refractivity contribution < 1.29 is 41.4 Å². The van der Waals surface area contributed by atoms with Crippen molar-refractivity contribution in [3.8, 4) is 17.2 Å². The average Bonchev–Trinajstić information content (AvgIpc) is 3.00. The Labute approximate surface area is 257 Å². The number of amides is 1. The zero-order valence-electron chi connectivity index (χ0n) is 23.0. The molecule has 0 saturated carbocycles. The summed E-state index contributed by atoms with van der Waals surface area (Å²) in [6, 6.07) is 10.7. The molecule has 0 bridgehead atoms. The van der Waals surface area contributed by atoms with Gasteiger partial charge in [0.05, 0.1) is 30.4 Å². The minimum absolute atomic E-state index is 0.107. The minimum Gasteiger partial charge on any atom is -0.480 e. The lowest BCUT2D eigenvalue weighted by molar-refractivity contribution is -0.167. The van der Waals surface area contributed by atoms with Crippen LogP contribution in [0, 0.1) is 23.0 Å². The molecule has 2 N–H and O–H groups in total. The number of carbonyl (C=O) groups excluding carboxylic acids is 1. The highest BCUT2D eigenvalue weighted by Gasteiger charge is 2.46. The van der Waals surface area contributed by atoms with Gasteiger partial charge in [-0.1, -0.05) is 35.9 Å². The van der Waals surface area contributed by atoms with Crippen LogP contribution in [0.4, 0.5) is 27.6 Å². The van der Waals surface area contributed by atoms with E-state index in [0.717, 1.165) is 4.90 Å². The Kier molecular flexibility index (Phi) is 8.90. The Balaban J connectivity index is 1.42. The van der Waals surface area contributed by atoms with E-state index in [1.54, 1.807) is 36.4 Å². The molecule has 1 aliphatic heterocycles. The van der Waals surface area contributed by atoms with Gasteiger partial charge >= 0.3 is 12.1 Å². The summed E-state index contributed by atoms with van der Waals surface area (Å²) in [6.45, 7) is -1.14. The highest BCUT2D eigenvalue weighted by atomic mass is 35.5. The topological polar surface area (TPSA) is 116 Å². The first-order valence-electron chi connectivity index (χ1n) is 13.4. The number of ether oxygens (including phenoxy) is 1. The zero-order valence-corrected chi connectivity index (χ0v) is 23.8. The van der Waals surface area contributed by atoms with Gasteiger partial charge in [-0.15, -0.1) is 0 Å². The number of nitriles is 1. The van der Waals surface area contributed by atoms with Gasteiger partial charge in [-0.25, -0.2) is 13.6 Å². The molecular weight excluding hydrogens is 623 g/mol. The number of aromatic nitrogens is 1. The number of morpholine rings is 1. The van der Waals surface area contributed by atoms with Crippen molar-refractivity contribution in [2.75, 3.05) is 24.7 Å². The Morgan fingerprint density at radius 3 is 2.49 bits per heavy atom. The molecule has 4 aromatic rings. The van der Waals surface area contributed by atoms with Gasteiger partial charge in [0.2, 0.25) is 0 Å². The molecule has 2 heterocycles. The van der Waals surface area contributed by atoms with Crippen molar-refractivity contribution in [2.45, 2.75) is 24.7 Å². The van der Waals surface area contributed by atoms with Crippen molar-refractivity contribution in [2.24, 2.45) is 0 Å². The number of aliphatic carboxylic acids is 1. The maximum absolute atomic E-state index is 15.1. The van der Waals surface area contributed by atoms with Crippen LogP contribution in [0.15, 0.2) is 60.8 Å². The summed E-state index contributed by atoms with van der Waals surface area (Å²) in [5.41, 5.74) is 0.819. The first-order valence-corrected chi connectivity index (χ1v) is 13.8. The lowest BCUT2D eigenvalue weighted by atomic mass is 9.94. The number of pyridine rings is 1. The number of nitrogens with zero attached hydrogens (tertiary/aromatic N) is 3. The number of hydrogen-bond donors (Lipinski definition) is 2. The number of nitrogens with one attached hydrogen (secondary N) is 1. The normalized spacial score (nSPS) is 15.8. The first kappa shape index (κ1) is 31.6. The van der Waals surface area contributed by atoms with Gasteiger partial charge in [0.15, 0.2) is 0 Å². The monoisotopic (exact) mass is 644 g/mol. The fraction of sp³-hybridized carbons (Fsp3) is 0.226. The predicted octanol–water partition coefficient (Wildman–Crippen LogP) is 5.90. The van der Waals surface area contributed by atoms with Crippen LogP contribution in [0.5, 0.6) is 0 Å². The number of fused-ring (bicyclic) bond motifs is 1. The molecule has 1 aromatic heterocycles. The van der Waals surface area contributed by atoms with Crippen molar-refractivity contribution >= 4 is 40.1 Å². The molecule has 0 spiro atoms. The van der Waals surface area contributed by atoms with E-state index in [-0.39, 0.29) is 19.6 Å². The van der Waals surface area contributed by atoms with E-state index >= 15 is 8.78 Å².